The second kappa shape index (κ2) is 5.08. The van der Waals surface area contributed by atoms with Gasteiger partial charge in [0.15, 0.2) is 0 Å². The molecular weight excluding hydrogens is 234 g/mol. The first kappa shape index (κ1) is 12.3. The highest BCUT2D eigenvalue weighted by molar-refractivity contribution is 6.00. The number of hydrogen-bond donors (Lipinski definition) is 2. The monoisotopic (exact) mass is 255 g/mol. The Morgan fingerprint density at radius 1 is 1.32 bits per heavy atom. The SMILES string of the molecule is Cc1cc2c(NCCCC3CC3)ccc(N)c2cn1. The highest BCUT2D eigenvalue weighted by Crippen LogP contribution is 2.33. The zero-order chi connectivity index (χ0) is 13.2. The van der Waals surface area contributed by atoms with Crippen LogP contribution < -0.4 is 11.1 Å². The molecule has 1 aromatic heterocycles. The third-order valence-electron chi connectivity index (χ3n) is 3.87. The van der Waals surface area contributed by atoms with Gasteiger partial charge < -0.3 is 11.1 Å². The number of benzene rings is 1. The fraction of sp³-hybridized carbons (Fsp3) is 0.438. The highest BCUT2D eigenvalue weighted by atomic mass is 14.9. The first-order valence-corrected chi connectivity index (χ1v) is 7.13. The van der Waals surface area contributed by atoms with Crippen LogP contribution in [0.15, 0.2) is 24.4 Å². The normalized spacial score (nSPS) is 14.8. The van der Waals surface area contributed by atoms with Gasteiger partial charge in [-0.05, 0) is 43.9 Å². The minimum Gasteiger partial charge on any atom is -0.398 e. The summed E-state index contributed by atoms with van der Waals surface area (Å²) in [6, 6.07) is 6.14. The molecule has 0 atom stereocenters. The van der Waals surface area contributed by atoms with Gasteiger partial charge >= 0.3 is 0 Å². The van der Waals surface area contributed by atoms with Crippen molar-refractivity contribution < 1.29 is 0 Å². The van der Waals surface area contributed by atoms with Crippen LogP contribution in [0, 0.1) is 12.8 Å². The molecule has 1 aliphatic carbocycles. The van der Waals surface area contributed by atoms with Gasteiger partial charge in [-0.2, -0.15) is 0 Å². The van der Waals surface area contributed by atoms with E-state index in [4.69, 9.17) is 5.73 Å². The minimum atomic E-state index is 0.797. The first-order chi connectivity index (χ1) is 9.24. The average Bonchev–Trinajstić information content (AvgIpc) is 3.21. The van der Waals surface area contributed by atoms with E-state index >= 15 is 0 Å². The van der Waals surface area contributed by atoms with Crippen LogP contribution in [0.25, 0.3) is 10.8 Å². The molecule has 2 aromatic rings. The lowest BCUT2D eigenvalue weighted by Crippen LogP contribution is -2.03. The number of nitrogens with two attached hydrogens (primary N) is 1. The number of nitrogen functional groups attached to an aromatic ring is 1. The fourth-order valence-corrected chi connectivity index (χ4v) is 2.54. The quantitative estimate of drug-likeness (QED) is 0.632. The minimum absolute atomic E-state index is 0.797. The van der Waals surface area contributed by atoms with Crippen LogP contribution in [-0.4, -0.2) is 11.5 Å². The Morgan fingerprint density at radius 2 is 2.16 bits per heavy atom. The van der Waals surface area contributed by atoms with Gasteiger partial charge in [0.1, 0.15) is 0 Å². The van der Waals surface area contributed by atoms with Crippen molar-refractivity contribution in [2.45, 2.75) is 32.6 Å². The maximum atomic E-state index is 6.01. The van der Waals surface area contributed by atoms with Crippen LogP contribution in [-0.2, 0) is 0 Å². The van der Waals surface area contributed by atoms with Gasteiger partial charge in [0.05, 0.1) is 0 Å². The van der Waals surface area contributed by atoms with Crippen LogP contribution in [0.1, 0.15) is 31.4 Å². The molecule has 0 unspecified atom stereocenters. The molecule has 3 rings (SSSR count). The summed E-state index contributed by atoms with van der Waals surface area (Å²) in [5, 5.41) is 5.76. The van der Waals surface area contributed by atoms with E-state index in [0.29, 0.717) is 0 Å². The van der Waals surface area contributed by atoms with Gasteiger partial charge in [-0.15, -0.1) is 0 Å². The second-order valence-electron chi connectivity index (χ2n) is 5.59. The third kappa shape index (κ3) is 2.80. The lowest BCUT2D eigenvalue weighted by Gasteiger charge is -2.11. The number of nitrogens with zero attached hydrogens (tertiary/aromatic N) is 1. The van der Waals surface area contributed by atoms with Gasteiger partial charge in [-0.3, -0.25) is 4.98 Å². The number of aromatic nitrogens is 1. The van der Waals surface area contributed by atoms with Gasteiger partial charge in [-0.25, -0.2) is 0 Å². The van der Waals surface area contributed by atoms with E-state index in [2.05, 4.69) is 22.4 Å². The summed E-state index contributed by atoms with van der Waals surface area (Å²) in [7, 11) is 0. The van der Waals surface area contributed by atoms with Gasteiger partial charge in [0, 0.05) is 40.6 Å². The van der Waals surface area contributed by atoms with E-state index in [1.165, 1.54) is 36.8 Å². The van der Waals surface area contributed by atoms with Gasteiger partial charge in [0.25, 0.3) is 0 Å². The lowest BCUT2D eigenvalue weighted by atomic mass is 10.1. The summed E-state index contributed by atoms with van der Waals surface area (Å²) in [6.45, 7) is 3.05. The second-order valence-corrected chi connectivity index (χ2v) is 5.59. The van der Waals surface area contributed by atoms with E-state index < -0.39 is 0 Å². The van der Waals surface area contributed by atoms with Crippen molar-refractivity contribution in [1.82, 2.24) is 4.98 Å². The van der Waals surface area contributed by atoms with Crippen molar-refractivity contribution in [3.63, 3.8) is 0 Å². The van der Waals surface area contributed by atoms with Gasteiger partial charge in [-0.1, -0.05) is 12.8 Å². The molecule has 100 valence electrons. The Hall–Kier alpha value is -1.77. The van der Waals surface area contributed by atoms with Crippen LogP contribution in [0.4, 0.5) is 11.4 Å². The average molecular weight is 255 g/mol. The molecule has 1 heterocycles. The predicted octanol–water partition coefficient (Wildman–Crippen LogP) is 3.73. The van der Waals surface area contributed by atoms with Crippen molar-refractivity contribution in [3.8, 4) is 0 Å². The van der Waals surface area contributed by atoms with Crippen LogP contribution in [0.2, 0.25) is 0 Å². The number of anilines is 2. The zero-order valence-electron chi connectivity index (χ0n) is 11.4. The van der Waals surface area contributed by atoms with Crippen LogP contribution >= 0.6 is 0 Å². The van der Waals surface area contributed by atoms with E-state index in [1.54, 1.807) is 0 Å². The Morgan fingerprint density at radius 3 is 2.95 bits per heavy atom. The predicted molar refractivity (Wildman–Crippen MR) is 81.3 cm³/mol. The molecule has 0 amide bonds. The number of aryl methyl sites for hydroxylation is 1. The molecule has 1 aliphatic rings. The van der Waals surface area contributed by atoms with E-state index in [1.807, 2.05) is 19.2 Å². The summed E-state index contributed by atoms with van der Waals surface area (Å²) in [4.78, 5) is 4.33. The van der Waals surface area contributed by atoms with E-state index in [0.717, 1.165) is 29.2 Å². The molecule has 3 nitrogen and oxygen atoms in total. The topological polar surface area (TPSA) is 50.9 Å². The molecule has 1 saturated carbocycles. The van der Waals surface area contributed by atoms with Crippen molar-refractivity contribution in [1.29, 1.82) is 0 Å². The summed E-state index contributed by atoms with van der Waals surface area (Å²) >= 11 is 0. The van der Waals surface area contributed by atoms with Crippen LogP contribution in [0.5, 0.6) is 0 Å². The summed E-state index contributed by atoms with van der Waals surface area (Å²) in [5.74, 6) is 1.01. The van der Waals surface area contributed by atoms with E-state index in [9.17, 15) is 0 Å². The van der Waals surface area contributed by atoms with Crippen molar-refractivity contribution in [2.24, 2.45) is 5.92 Å². The lowest BCUT2D eigenvalue weighted by molar-refractivity contribution is 0.687. The Bertz CT molecular complexity index is 588. The fourth-order valence-electron chi connectivity index (χ4n) is 2.54. The summed E-state index contributed by atoms with van der Waals surface area (Å²) in [6.07, 6.45) is 7.36. The molecule has 0 radical (unpaired) electrons. The van der Waals surface area contributed by atoms with Crippen LogP contribution in [0.3, 0.4) is 0 Å². The molecule has 1 fully saturated rings. The number of pyridine rings is 1. The van der Waals surface area contributed by atoms with Gasteiger partial charge in [0.2, 0.25) is 0 Å². The molecule has 3 N–H and O–H groups in total. The first-order valence-electron chi connectivity index (χ1n) is 7.13. The van der Waals surface area contributed by atoms with Crippen molar-refractivity contribution in [2.75, 3.05) is 17.6 Å². The molecule has 0 spiro atoms. The molecule has 0 aliphatic heterocycles. The third-order valence-corrected chi connectivity index (χ3v) is 3.87. The van der Waals surface area contributed by atoms with E-state index in [-0.39, 0.29) is 0 Å². The molecule has 1 aromatic carbocycles. The summed E-state index contributed by atoms with van der Waals surface area (Å²) < 4.78 is 0. The maximum absolute atomic E-state index is 6.01. The Balaban J connectivity index is 1.77. The van der Waals surface area contributed by atoms with Crippen molar-refractivity contribution >= 4 is 22.1 Å². The Kier molecular flexibility index (Phi) is 3.28. The molecule has 3 heteroatoms. The molecule has 19 heavy (non-hydrogen) atoms. The standard InChI is InChI=1S/C16H21N3/c1-11-9-13-14(10-19-11)15(17)6-7-16(13)18-8-2-3-12-4-5-12/h6-7,9-10,12,18H,2-5,8,17H2,1H3. The highest BCUT2D eigenvalue weighted by Gasteiger charge is 2.19. The maximum Gasteiger partial charge on any atom is 0.0422 e. The number of nitrogens with one attached hydrogen (secondary N) is 1. The summed E-state index contributed by atoms with van der Waals surface area (Å²) in [5.41, 5.74) is 9.01. The molecular formula is C16H21N3. The molecule has 0 bridgehead atoms. The van der Waals surface area contributed by atoms with Crippen molar-refractivity contribution in [3.05, 3.63) is 30.1 Å². The Labute approximate surface area is 114 Å². The number of hydrogen-bond acceptors (Lipinski definition) is 3. The molecule has 0 saturated heterocycles. The number of rotatable bonds is 5. The smallest absolute Gasteiger partial charge is 0.0422 e. The zero-order valence-corrected chi connectivity index (χ0v) is 11.4. The number of fused-ring (bicyclic) bond motifs is 1. The largest absolute Gasteiger partial charge is 0.398 e.